The van der Waals surface area contributed by atoms with Gasteiger partial charge in [0.1, 0.15) is 4.28 Å². The smallest absolute Gasteiger partial charge is 0.135 e. The van der Waals surface area contributed by atoms with Crippen LogP contribution in [0.25, 0.3) is 0 Å². The Morgan fingerprint density at radius 1 is 1.31 bits per heavy atom. The zero-order valence-electron chi connectivity index (χ0n) is 7.06. The summed E-state index contributed by atoms with van der Waals surface area (Å²) in [4.78, 5) is 2.26. The Labute approximate surface area is 90.9 Å². The average Bonchev–Trinajstić information content (AvgIpc) is 2.54. The van der Waals surface area contributed by atoms with Crippen molar-refractivity contribution < 1.29 is 0 Å². The van der Waals surface area contributed by atoms with Crippen molar-refractivity contribution in [2.45, 2.75) is 10.8 Å². The highest BCUT2D eigenvalue weighted by molar-refractivity contribution is 9.11. The normalized spacial score (nSPS) is 21.0. The molecule has 1 aromatic rings. The minimum Gasteiger partial charge on any atom is -0.352 e. The van der Waals surface area contributed by atoms with Gasteiger partial charge in [-0.1, -0.05) is 58.0 Å². The largest absolute Gasteiger partial charge is 0.352 e. The maximum Gasteiger partial charge on any atom is 0.135 e. The van der Waals surface area contributed by atoms with Gasteiger partial charge < -0.3 is 4.90 Å². The molecule has 0 bridgehead atoms. The van der Waals surface area contributed by atoms with E-state index in [1.54, 1.807) is 11.8 Å². The highest BCUT2D eigenvalue weighted by atomic mass is 79.9. The summed E-state index contributed by atoms with van der Waals surface area (Å²) in [6.07, 6.45) is 2.12. The number of benzene rings is 1. The van der Waals surface area contributed by atoms with Gasteiger partial charge in [-0.05, 0) is 11.0 Å². The van der Waals surface area contributed by atoms with E-state index in [-0.39, 0.29) is 0 Å². The molecule has 0 saturated heterocycles. The van der Waals surface area contributed by atoms with E-state index in [0.717, 1.165) is 6.54 Å². The van der Waals surface area contributed by atoms with Crippen molar-refractivity contribution in [1.82, 2.24) is 4.90 Å². The summed E-state index contributed by atoms with van der Waals surface area (Å²) in [5, 5.41) is 2.11. The number of nitrogens with zero attached hydrogens (tertiary/aromatic N) is 1. The van der Waals surface area contributed by atoms with E-state index < -0.39 is 0 Å². The molecular weight excluding hydrogens is 246 g/mol. The molecule has 1 aliphatic heterocycles. The monoisotopic (exact) mass is 255 g/mol. The topological polar surface area (TPSA) is 3.24 Å². The molecule has 0 radical (unpaired) electrons. The fourth-order valence-corrected chi connectivity index (χ4v) is 2.56. The Morgan fingerprint density at radius 3 is 2.69 bits per heavy atom. The number of halogens is 1. The maximum atomic E-state index is 3.59. The molecule has 68 valence electrons. The lowest BCUT2D eigenvalue weighted by Gasteiger charge is -2.19. The molecule has 1 atom stereocenters. The minimum absolute atomic E-state index is 0.396. The van der Waals surface area contributed by atoms with Gasteiger partial charge in [0.05, 0.1) is 0 Å². The second kappa shape index (κ2) is 4.20. The zero-order valence-corrected chi connectivity index (χ0v) is 9.46. The Kier molecular flexibility index (Phi) is 2.96. The molecule has 0 N–H and O–H groups in total. The van der Waals surface area contributed by atoms with Crippen LogP contribution in [0.5, 0.6) is 0 Å². The van der Waals surface area contributed by atoms with Crippen molar-refractivity contribution in [2.75, 3.05) is 0 Å². The summed E-state index contributed by atoms with van der Waals surface area (Å²) >= 11 is 5.38. The summed E-state index contributed by atoms with van der Waals surface area (Å²) in [5.74, 6) is 0. The Bertz CT molecular complexity index is 299. The van der Waals surface area contributed by atoms with Crippen LogP contribution in [0.1, 0.15) is 5.56 Å². The highest BCUT2D eigenvalue weighted by Crippen LogP contribution is 2.30. The molecule has 0 aliphatic carbocycles. The van der Waals surface area contributed by atoms with E-state index in [1.807, 2.05) is 6.07 Å². The lowest BCUT2D eigenvalue weighted by molar-refractivity contribution is 0.424. The van der Waals surface area contributed by atoms with Crippen LogP contribution in [0, 0.1) is 0 Å². The predicted molar refractivity (Wildman–Crippen MR) is 61.4 cm³/mol. The minimum atomic E-state index is 0.396. The molecule has 13 heavy (non-hydrogen) atoms. The second-order valence-electron chi connectivity index (χ2n) is 2.87. The molecule has 1 aromatic carbocycles. The molecule has 0 saturated carbocycles. The maximum absolute atomic E-state index is 3.59. The summed E-state index contributed by atoms with van der Waals surface area (Å²) in [6.45, 7) is 0.972. The van der Waals surface area contributed by atoms with E-state index in [0.29, 0.717) is 4.28 Å². The Morgan fingerprint density at radius 2 is 2.08 bits per heavy atom. The van der Waals surface area contributed by atoms with Crippen molar-refractivity contribution in [1.29, 1.82) is 0 Å². The molecule has 0 spiro atoms. The molecule has 1 unspecified atom stereocenters. The van der Waals surface area contributed by atoms with Gasteiger partial charge in [-0.15, -0.1) is 0 Å². The number of rotatable bonds is 2. The SMILES string of the molecule is BrC1SC=CN1Cc1ccccc1. The van der Waals surface area contributed by atoms with Crippen LogP contribution in [0.4, 0.5) is 0 Å². The third kappa shape index (κ3) is 2.29. The number of hydrogen-bond donors (Lipinski definition) is 0. The first-order valence-electron chi connectivity index (χ1n) is 4.12. The lowest BCUT2D eigenvalue weighted by atomic mass is 10.2. The van der Waals surface area contributed by atoms with Crippen molar-refractivity contribution in [2.24, 2.45) is 0 Å². The molecule has 0 fully saturated rings. The predicted octanol–water partition coefficient (Wildman–Crippen LogP) is 3.39. The summed E-state index contributed by atoms with van der Waals surface area (Å²) in [6, 6.07) is 10.5. The lowest BCUT2D eigenvalue weighted by Crippen LogP contribution is -2.18. The molecule has 1 nitrogen and oxygen atoms in total. The van der Waals surface area contributed by atoms with Crippen molar-refractivity contribution in [3.05, 3.63) is 47.5 Å². The molecule has 0 aromatic heterocycles. The van der Waals surface area contributed by atoms with Crippen LogP contribution in [0.2, 0.25) is 0 Å². The van der Waals surface area contributed by atoms with Crippen LogP contribution in [0.3, 0.4) is 0 Å². The van der Waals surface area contributed by atoms with Gasteiger partial charge in [-0.3, -0.25) is 0 Å². The van der Waals surface area contributed by atoms with E-state index in [1.165, 1.54) is 5.56 Å². The first kappa shape index (κ1) is 9.16. The molecule has 1 heterocycles. The van der Waals surface area contributed by atoms with E-state index in [4.69, 9.17) is 0 Å². The van der Waals surface area contributed by atoms with Gasteiger partial charge in [0.15, 0.2) is 0 Å². The first-order chi connectivity index (χ1) is 6.36. The summed E-state index contributed by atoms with van der Waals surface area (Å²) in [7, 11) is 0. The van der Waals surface area contributed by atoms with Gasteiger partial charge in [-0.25, -0.2) is 0 Å². The first-order valence-corrected chi connectivity index (χ1v) is 5.98. The third-order valence-electron chi connectivity index (χ3n) is 1.91. The fourth-order valence-electron chi connectivity index (χ4n) is 1.24. The van der Waals surface area contributed by atoms with Crippen LogP contribution in [-0.2, 0) is 6.54 Å². The van der Waals surface area contributed by atoms with Crippen LogP contribution in [-0.4, -0.2) is 9.18 Å². The fraction of sp³-hybridized carbons (Fsp3) is 0.200. The van der Waals surface area contributed by atoms with E-state index in [9.17, 15) is 0 Å². The quantitative estimate of drug-likeness (QED) is 0.589. The molecule has 3 heteroatoms. The zero-order chi connectivity index (χ0) is 9.10. The summed E-state index contributed by atoms with van der Waals surface area (Å²) in [5.41, 5.74) is 1.35. The van der Waals surface area contributed by atoms with Crippen molar-refractivity contribution in [3.8, 4) is 0 Å². The van der Waals surface area contributed by atoms with Gasteiger partial charge >= 0.3 is 0 Å². The number of alkyl halides is 1. The van der Waals surface area contributed by atoms with Gasteiger partial charge in [0, 0.05) is 12.7 Å². The number of thioether (sulfide) groups is 1. The van der Waals surface area contributed by atoms with Crippen LogP contribution in [0.15, 0.2) is 41.9 Å². The van der Waals surface area contributed by atoms with Gasteiger partial charge in [0.25, 0.3) is 0 Å². The van der Waals surface area contributed by atoms with Crippen molar-refractivity contribution >= 4 is 27.7 Å². The van der Waals surface area contributed by atoms with Gasteiger partial charge in [-0.2, -0.15) is 0 Å². The molecule has 2 rings (SSSR count). The van der Waals surface area contributed by atoms with Crippen molar-refractivity contribution in [3.63, 3.8) is 0 Å². The molecular formula is C10H10BrNS. The summed E-state index contributed by atoms with van der Waals surface area (Å²) < 4.78 is 0.396. The Balaban J connectivity index is 2.02. The van der Waals surface area contributed by atoms with E-state index in [2.05, 4.69) is 56.7 Å². The average molecular weight is 256 g/mol. The highest BCUT2D eigenvalue weighted by Gasteiger charge is 2.15. The standard InChI is InChI=1S/C10H10BrNS/c11-10-12(6-7-13-10)8-9-4-2-1-3-5-9/h1-7,10H,8H2. The third-order valence-corrected chi connectivity index (χ3v) is 3.86. The van der Waals surface area contributed by atoms with Gasteiger partial charge in [0.2, 0.25) is 0 Å². The number of hydrogen-bond acceptors (Lipinski definition) is 2. The molecule has 0 amide bonds. The second-order valence-corrected chi connectivity index (χ2v) is 5.34. The van der Waals surface area contributed by atoms with E-state index >= 15 is 0 Å². The molecule has 1 aliphatic rings. The van der Waals surface area contributed by atoms with Crippen LogP contribution >= 0.6 is 27.7 Å². The van der Waals surface area contributed by atoms with Crippen LogP contribution < -0.4 is 0 Å². The Hall–Kier alpha value is -0.410.